The van der Waals surface area contributed by atoms with Crippen LogP contribution in [0.5, 0.6) is 0 Å². The quantitative estimate of drug-likeness (QED) is 0.588. The van der Waals surface area contributed by atoms with Crippen LogP contribution in [0.2, 0.25) is 0 Å². The SMILES string of the molecule is CSc1nc2nc(C)c(CC(=O)NCCCN3CCCCC3)c(C)n2n1. The Balaban J connectivity index is 1.55. The molecule has 8 heteroatoms. The number of carbonyl (C=O) groups excluding carboxylic acids is 1. The third-order valence-corrected chi connectivity index (χ3v) is 5.51. The van der Waals surface area contributed by atoms with Gasteiger partial charge in [-0.25, -0.2) is 9.50 Å². The summed E-state index contributed by atoms with van der Waals surface area (Å²) in [4.78, 5) is 23.7. The Morgan fingerprint density at radius 2 is 1.96 bits per heavy atom. The molecule has 0 radical (unpaired) electrons. The van der Waals surface area contributed by atoms with Crippen LogP contribution >= 0.6 is 11.8 Å². The maximum absolute atomic E-state index is 12.4. The summed E-state index contributed by atoms with van der Waals surface area (Å²) in [6, 6.07) is 0. The van der Waals surface area contributed by atoms with Crippen molar-refractivity contribution in [3.8, 4) is 0 Å². The third kappa shape index (κ3) is 4.54. The highest BCUT2D eigenvalue weighted by molar-refractivity contribution is 7.98. The Kier molecular flexibility index (Phi) is 6.48. The number of carbonyl (C=O) groups is 1. The molecule has 0 bridgehead atoms. The van der Waals surface area contributed by atoms with Gasteiger partial charge >= 0.3 is 0 Å². The molecule has 3 rings (SSSR count). The van der Waals surface area contributed by atoms with Crippen LogP contribution in [0.4, 0.5) is 0 Å². The van der Waals surface area contributed by atoms with E-state index in [-0.39, 0.29) is 5.91 Å². The van der Waals surface area contributed by atoms with Gasteiger partial charge < -0.3 is 10.2 Å². The first-order chi connectivity index (χ1) is 12.6. The van der Waals surface area contributed by atoms with Gasteiger partial charge in [0.25, 0.3) is 5.78 Å². The molecule has 1 saturated heterocycles. The number of piperidine rings is 1. The number of nitrogens with zero attached hydrogens (tertiary/aromatic N) is 5. The lowest BCUT2D eigenvalue weighted by molar-refractivity contribution is -0.120. The van der Waals surface area contributed by atoms with Gasteiger partial charge in [0.2, 0.25) is 11.1 Å². The summed E-state index contributed by atoms with van der Waals surface area (Å²) < 4.78 is 1.73. The van der Waals surface area contributed by atoms with E-state index in [1.807, 2.05) is 20.1 Å². The second-order valence-electron chi connectivity index (χ2n) is 6.85. The Hall–Kier alpha value is -1.67. The van der Waals surface area contributed by atoms with Crippen molar-refractivity contribution in [1.29, 1.82) is 0 Å². The Morgan fingerprint density at radius 3 is 2.69 bits per heavy atom. The molecule has 2 aromatic rings. The molecule has 0 aromatic carbocycles. The molecule has 1 aliphatic rings. The van der Waals surface area contributed by atoms with Gasteiger partial charge in [0.1, 0.15) is 0 Å². The van der Waals surface area contributed by atoms with Crippen molar-refractivity contribution in [3.63, 3.8) is 0 Å². The average Bonchev–Trinajstić information content (AvgIpc) is 3.06. The van der Waals surface area contributed by atoms with E-state index in [2.05, 4.69) is 25.3 Å². The summed E-state index contributed by atoms with van der Waals surface area (Å²) in [5.41, 5.74) is 2.71. The predicted octanol–water partition coefficient (Wildman–Crippen LogP) is 2.00. The molecule has 0 saturated carbocycles. The minimum Gasteiger partial charge on any atom is -0.356 e. The molecule has 0 spiro atoms. The fraction of sp³-hybridized carbons (Fsp3) is 0.667. The number of rotatable bonds is 7. The van der Waals surface area contributed by atoms with E-state index in [1.165, 1.54) is 44.1 Å². The highest BCUT2D eigenvalue weighted by Crippen LogP contribution is 2.17. The number of aryl methyl sites for hydroxylation is 2. The molecule has 0 atom stereocenters. The second-order valence-corrected chi connectivity index (χ2v) is 7.63. The number of nitrogens with one attached hydrogen (secondary N) is 1. The lowest BCUT2D eigenvalue weighted by Crippen LogP contribution is -2.33. The van der Waals surface area contributed by atoms with Crippen molar-refractivity contribution in [1.82, 2.24) is 29.8 Å². The predicted molar refractivity (Wildman–Crippen MR) is 104 cm³/mol. The summed E-state index contributed by atoms with van der Waals surface area (Å²) in [6.45, 7) is 8.10. The second kappa shape index (κ2) is 8.81. The van der Waals surface area contributed by atoms with Crippen LogP contribution in [0.3, 0.4) is 0 Å². The lowest BCUT2D eigenvalue weighted by Gasteiger charge is -2.26. The van der Waals surface area contributed by atoms with Crippen LogP contribution in [0, 0.1) is 13.8 Å². The molecule has 1 N–H and O–H groups in total. The minimum atomic E-state index is 0.0428. The fourth-order valence-electron chi connectivity index (χ4n) is 3.47. The van der Waals surface area contributed by atoms with E-state index in [0.717, 1.165) is 36.5 Å². The van der Waals surface area contributed by atoms with Gasteiger partial charge in [-0.3, -0.25) is 4.79 Å². The third-order valence-electron chi connectivity index (χ3n) is 4.97. The number of thioether (sulfide) groups is 1. The minimum absolute atomic E-state index is 0.0428. The molecule has 1 fully saturated rings. The summed E-state index contributed by atoms with van der Waals surface area (Å²) in [6.07, 6.45) is 7.24. The highest BCUT2D eigenvalue weighted by Gasteiger charge is 2.16. The molecule has 142 valence electrons. The lowest BCUT2D eigenvalue weighted by atomic mass is 10.1. The van der Waals surface area contributed by atoms with E-state index >= 15 is 0 Å². The monoisotopic (exact) mass is 376 g/mol. The molecule has 0 aliphatic carbocycles. The van der Waals surface area contributed by atoms with Gasteiger partial charge in [-0.15, -0.1) is 5.10 Å². The van der Waals surface area contributed by atoms with Gasteiger partial charge in [0.15, 0.2) is 0 Å². The zero-order valence-corrected chi connectivity index (χ0v) is 16.7. The summed E-state index contributed by atoms with van der Waals surface area (Å²) >= 11 is 1.49. The highest BCUT2D eigenvalue weighted by atomic mass is 32.2. The van der Waals surface area contributed by atoms with E-state index in [4.69, 9.17) is 0 Å². The van der Waals surface area contributed by atoms with E-state index in [1.54, 1.807) is 4.52 Å². The van der Waals surface area contributed by atoms with Crippen molar-refractivity contribution >= 4 is 23.4 Å². The van der Waals surface area contributed by atoms with Crippen LogP contribution in [0.1, 0.15) is 42.6 Å². The first-order valence-electron chi connectivity index (χ1n) is 9.34. The van der Waals surface area contributed by atoms with E-state index in [9.17, 15) is 4.79 Å². The van der Waals surface area contributed by atoms with Crippen molar-refractivity contribution in [2.45, 2.75) is 51.1 Å². The van der Waals surface area contributed by atoms with Crippen molar-refractivity contribution < 1.29 is 4.79 Å². The zero-order valence-electron chi connectivity index (χ0n) is 15.9. The van der Waals surface area contributed by atoms with Crippen LogP contribution in [-0.4, -0.2) is 62.8 Å². The van der Waals surface area contributed by atoms with Crippen LogP contribution in [-0.2, 0) is 11.2 Å². The topological polar surface area (TPSA) is 75.4 Å². The molecule has 26 heavy (non-hydrogen) atoms. The molecule has 7 nitrogen and oxygen atoms in total. The molecule has 2 aromatic heterocycles. The van der Waals surface area contributed by atoms with E-state index in [0.29, 0.717) is 17.4 Å². The normalized spacial score (nSPS) is 15.5. The van der Waals surface area contributed by atoms with Gasteiger partial charge in [0.05, 0.1) is 6.42 Å². The number of amides is 1. The van der Waals surface area contributed by atoms with Crippen molar-refractivity contribution in [2.24, 2.45) is 0 Å². The van der Waals surface area contributed by atoms with Crippen LogP contribution in [0.15, 0.2) is 5.16 Å². The number of likely N-dealkylation sites (tertiary alicyclic amines) is 1. The average molecular weight is 377 g/mol. The Morgan fingerprint density at radius 1 is 1.19 bits per heavy atom. The van der Waals surface area contributed by atoms with Gasteiger partial charge in [0, 0.05) is 23.5 Å². The number of hydrogen-bond donors (Lipinski definition) is 1. The Bertz CT molecular complexity index is 769. The molecular weight excluding hydrogens is 348 g/mol. The molecule has 1 amide bonds. The maximum Gasteiger partial charge on any atom is 0.253 e. The van der Waals surface area contributed by atoms with Gasteiger partial charge in [-0.2, -0.15) is 4.98 Å². The van der Waals surface area contributed by atoms with Crippen molar-refractivity contribution in [2.75, 3.05) is 32.4 Å². The molecule has 3 heterocycles. The Labute approximate surface area is 159 Å². The molecular formula is C18H28N6OS. The van der Waals surface area contributed by atoms with Gasteiger partial charge in [-0.1, -0.05) is 18.2 Å². The van der Waals surface area contributed by atoms with Crippen LogP contribution in [0.25, 0.3) is 5.78 Å². The standard InChI is InChI=1S/C18H28N6OS/c1-13-15(14(2)24-17(20-13)21-18(22-24)26-3)12-16(25)19-8-7-11-23-9-5-4-6-10-23/h4-12H2,1-3H3,(H,19,25). The largest absolute Gasteiger partial charge is 0.356 e. The smallest absolute Gasteiger partial charge is 0.253 e. The zero-order chi connectivity index (χ0) is 18.5. The van der Waals surface area contributed by atoms with Gasteiger partial charge in [-0.05, 0) is 59.0 Å². The molecule has 0 unspecified atom stereocenters. The maximum atomic E-state index is 12.4. The first-order valence-corrected chi connectivity index (χ1v) is 10.6. The number of fused-ring (bicyclic) bond motifs is 1. The van der Waals surface area contributed by atoms with Crippen molar-refractivity contribution in [3.05, 3.63) is 17.0 Å². The number of aromatic nitrogens is 4. The fourth-order valence-corrected chi connectivity index (χ4v) is 3.81. The first kappa shape index (κ1) is 19.1. The summed E-state index contributed by atoms with van der Waals surface area (Å²) in [5.74, 6) is 0.635. The molecule has 1 aliphatic heterocycles. The summed E-state index contributed by atoms with van der Waals surface area (Å²) in [5, 5.41) is 8.18. The number of hydrogen-bond acceptors (Lipinski definition) is 6. The van der Waals surface area contributed by atoms with E-state index < -0.39 is 0 Å². The van der Waals surface area contributed by atoms with Crippen LogP contribution < -0.4 is 5.32 Å². The summed E-state index contributed by atoms with van der Waals surface area (Å²) in [7, 11) is 0.